The third-order valence-corrected chi connectivity index (χ3v) is 4.95. The number of methoxy groups -OCH3 is 1. The largest absolute Gasteiger partial charge is 0.481 e. The molecule has 118 valence electrons. The summed E-state index contributed by atoms with van der Waals surface area (Å²) in [4.78, 5) is 10.9. The van der Waals surface area contributed by atoms with E-state index < -0.39 is 28.1 Å². The molecule has 0 unspecified atom stereocenters. The second-order valence-corrected chi connectivity index (χ2v) is 6.80. The van der Waals surface area contributed by atoms with Gasteiger partial charge in [-0.1, -0.05) is 17.7 Å². The van der Waals surface area contributed by atoms with Crippen molar-refractivity contribution in [3.8, 4) is 0 Å². The van der Waals surface area contributed by atoms with Gasteiger partial charge in [0.25, 0.3) is 0 Å². The maximum atomic E-state index is 12.4. The van der Waals surface area contributed by atoms with E-state index in [1.165, 1.54) is 13.2 Å². The van der Waals surface area contributed by atoms with Crippen molar-refractivity contribution in [1.29, 1.82) is 0 Å². The number of nitrogens with one attached hydrogen (secondary N) is 1. The molecule has 0 radical (unpaired) electrons. The van der Waals surface area contributed by atoms with Crippen LogP contribution in [0.15, 0.2) is 23.1 Å². The normalized spacial score (nSPS) is 14.7. The summed E-state index contributed by atoms with van der Waals surface area (Å²) in [5.41, 5.74) is 0.519. The lowest BCUT2D eigenvalue weighted by Gasteiger charge is -2.23. The molecule has 2 N–H and O–H groups in total. The Morgan fingerprint density at radius 1 is 1.48 bits per heavy atom. The average Bonchev–Trinajstić information content (AvgIpc) is 2.38. The summed E-state index contributed by atoms with van der Waals surface area (Å²) < 4.78 is 32.2. The van der Waals surface area contributed by atoms with Crippen LogP contribution < -0.4 is 4.72 Å². The number of hydrogen-bond donors (Lipinski definition) is 2. The molecule has 1 aromatic rings. The molecule has 0 saturated carbocycles. The molecule has 1 rings (SSSR count). The molecule has 0 spiro atoms. The van der Waals surface area contributed by atoms with Crippen molar-refractivity contribution in [2.75, 3.05) is 7.11 Å². The summed E-state index contributed by atoms with van der Waals surface area (Å²) in [6, 6.07) is 3.62. The second kappa shape index (κ2) is 7.22. The molecule has 0 amide bonds. The van der Waals surface area contributed by atoms with Gasteiger partial charge in [-0.25, -0.2) is 13.1 Å². The monoisotopic (exact) mass is 335 g/mol. The fourth-order valence-corrected chi connectivity index (χ4v) is 3.59. The van der Waals surface area contributed by atoms with Gasteiger partial charge in [0, 0.05) is 12.1 Å². The Labute approximate surface area is 129 Å². The number of sulfonamides is 1. The van der Waals surface area contributed by atoms with Crippen molar-refractivity contribution in [3.05, 3.63) is 28.8 Å². The van der Waals surface area contributed by atoms with Gasteiger partial charge >= 0.3 is 5.97 Å². The van der Waals surface area contributed by atoms with E-state index in [0.717, 1.165) is 0 Å². The standard InChI is InChI=1S/C13H18ClNO5S/c1-8-4-5-10(14)6-12(8)21(18,19)15-11(7-13(16)17)9(2)20-3/h4-6,9,11,15H,7H2,1-3H3,(H,16,17)/t9-,11-/m1/s1. The number of carbonyl (C=O) groups is 1. The maximum Gasteiger partial charge on any atom is 0.305 e. The topological polar surface area (TPSA) is 92.7 Å². The molecule has 0 aromatic heterocycles. The summed E-state index contributed by atoms with van der Waals surface area (Å²) in [6.45, 7) is 3.23. The van der Waals surface area contributed by atoms with Crippen LogP contribution >= 0.6 is 11.6 Å². The van der Waals surface area contributed by atoms with Gasteiger partial charge in [-0.3, -0.25) is 4.79 Å². The van der Waals surface area contributed by atoms with Crippen LogP contribution in [0.1, 0.15) is 18.9 Å². The maximum absolute atomic E-state index is 12.4. The van der Waals surface area contributed by atoms with E-state index in [1.807, 2.05) is 0 Å². The summed E-state index contributed by atoms with van der Waals surface area (Å²) in [5, 5.41) is 9.17. The molecule has 8 heteroatoms. The van der Waals surface area contributed by atoms with Gasteiger partial charge in [-0.2, -0.15) is 0 Å². The van der Waals surface area contributed by atoms with E-state index >= 15 is 0 Å². The number of aliphatic carboxylic acids is 1. The number of benzene rings is 1. The lowest BCUT2D eigenvalue weighted by molar-refractivity contribution is -0.138. The minimum Gasteiger partial charge on any atom is -0.481 e. The van der Waals surface area contributed by atoms with E-state index in [9.17, 15) is 13.2 Å². The van der Waals surface area contributed by atoms with E-state index in [1.54, 1.807) is 26.0 Å². The second-order valence-electron chi connectivity index (χ2n) is 4.68. The number of aryl methyl sites for hydroxylation is 1. The van der Waals surface area contributed by atoms with Crippen molar-refractivity contribution in [2.24, 2.45) is 0 Å². The number of carboxylic acid groups (broad SMARTS) is 1. The SMILES string of the molecule is CO[C@H](C)[C@@H](CC(=O)O)NS(=O)(=O)c1cc(Cl)ccc1C. The molecule has 1 aromatic carbocycles. The molecule has 0 bridgehead atoms. The van der Waals surface area contributed by atoms with Crippen LogP contribution in [0, 0.1) is 6.92 Å². The van der Waals surface area contributed by atoms with Gasteiger partial charge in [-0.05, 0) is 31.5 Å². The van der Waals surface area contributed by atoms with Crippen LogP contribution in [0.4, 0.5) is 0 Å². The zero-order chi connectivity index (χ0) is 16.2. The Morgan fingerprint density at radius 3 is 2.62 bits per heavy atom. The summed E-state index contributed by atoms with van der Waals surface area (Å²) in [7, 11) is -2.50. The first-order chi connectivity index (χ1) is 9.67. The zero-order valence-electron chi connectivity index (χ0n) is 12.0. The Hall–Kier alpha value is -1.15. The predicted molar refractivity (Wildman–Crippen MR) is 79.0 cm³/mol. The van der Waals surface area contributed by atoms with Gasteiger partial charge < -0.3 is 9.84 Å². The fraction of sp³-hybridized carbons (Fsp3) is 0.462. The van der Waals surface area contributed by atoms with Crippen molar-refractivity contribution in [2.45, 2.75) is 37.3 Å². The minimum atomic E-state index is -3.89. The van der Waals surface area contributed by atoms with Crippen molar-refractivity contribution in [1.82, 2.24) is 4.72 Å². The number of hydrogen-bond acceptors (Lipinski definition) is 4. The van der Waals surface area contributed by atoms with E-state index in [2.05, 4.69) is 4.72 Å². The highest BCUT2D eigenvalue weighted by Gasteiger charge is 2.27. The van der Waals surface area contributed by atoms with E-state index in [0.29, 0.717) is 5.56 Å². The fourth-order valence-electron chi connectivity index (χ4n) is 1.78. The Kier molecular flexibility index (Phi) is 6.15. The molecule has 0 saturated heterocycles. The van der Waals surface area contributed by atoms with Crippen LogP contribution in [-0.4, -0.2) is 38.7 Å². The average molecular weight is 336 g/mol. The van der Waals surface area contributed by atoms with Gasteiger partial charge in [0.15, 0.2) is 0 Å². The molecule has 0 aliphatic rings. The predicted octanol–water partition coefficient (Wildman–Crippen LogP) is 1.80. The highest BCUT2D eigenvalue weighted by atomic mass is 35.5. The molecule has 2 atom stereocenters. The molecule has 0 aliphatic heterocycles. The third kappa shape index (κ3) is 4.96. The molecular formula is C13H18ClNO5S. The molecule has 0 heterocycles. The van der Waals surface area contributed by atoms with Gasteiger partial charge in [0.2, 0.25) is 10.0 Å². The highest BCUT2D eigenvalue weighted by Crippen LogP contribution is 2.21. The molecule has 0 aliphatic carbocycles. The van der Waals surface area contributed by atoms with Crippen LogP contribution in [-0.2, 0) is 19.6 Å². The quantitative estimate of drug-likeness (QED) is 0.792. The van der Waals surface area contributed by atoms with Gasteiger partial charge in [-0.15, -0.1) is 0 Å². The molecule has 6 nitrogen and oxygen atoms in total. The van der Waals surface area contributed by atoms with Crippen molar-refractivity contribution in [3.63, 3.8) is 0 Å². The highest BCUT2D eigenvalue weighted by molar-refractivity contribution is 7.89. The van der Waals surface area contributed by atoms with Crippen LogP contribution in [0.25, 0.3) is 0 Å². The number of halogens is 1. The summed E-state index contributed by atoms with van der Waals surface area (Å²) in [6.07, 6.45) is -0.969. The van der Waals surface area contributed by atoms with Crippen LogP contribution in [0.5, 0.6) is 0 Å². The van der Waals surface area contributed by atoms with Gasteiger partial charge in [0.1, 0.15) is 0 Å². The number of carboxylic acids is 1. The first kappa shape index (κ1) is 17.9. The first-order valence-electron chi connectivity index (χ1n) is 6.20. The summed E-state index contributed by atoms with van der Waals surface area (Å²) >= 11 is 5.82. The lowest BCUT2D eigenvalue weighted by Crippen LogP contribution is -2.44. The first-order valence-corrected chi connectivity index (χ1v) is 8.06. The zero-order valence-corrected chi connectivity index (χ0v) is 13.5. The van der Waals surface area contributed by atoms with Crippen LogP contribution in [0.2, 0.25) is 5.02 Å². The minimum absolute atomic E-state index is 0.0219. The third-order valence-electron chi connectivity index (χ3n) is 3.08. The molecular weight excluding hydrogens is 318 g/mol. The Bertz CT molecular complexity index is 617. The van der Waals surface area contributed by atoms with E-state index in [4.69, 9.17) is 21.4 Å². The number of ether oxygens (including phenoxy) is 1. The summed E-state index contributed by atoms with van der Waals surface area (Å²) in [5.74, 6) is -1.12. The van der Waals surface area contributed by atoms with Crippen molar-refractivity contribution < 1.29 is 23.1 Å². The van der Waals surface area contributed by atoms with Crippen LogP contribution in [0.3, 0.4) is 0 Å². The Morgan fingerprint density at radius 2 is 2.10 bits per heavy atom. The van der Waals surface area contributed by atoms with E-state index in [-0.39, 0.29) is 16.3 Å². The van der Waals surface area contributed by atoms with Crippen molar-refractivity contribution >= 4 is 27.6 Å². The Balaban J connectivity index is 3.11. The molecule has 0 fully saturated rings. The molecule has 21 heavy (non-hydrogen) atoms. The smallest absolute Gasteiger partial charge is 0.305 e. The lowest BCUT2D eigenvalue weighted by atomic mass is 10.1. The van der Waals surface area contributed by atoms with Gasteiger partial charge in [0.05, 0.1) is 23.5 Å². The number of rotatable bonds is 7.